The molecule has 1 aliphatic rings. The van der Waals surface area contributed by atoms with Gasteiger partial charge in [-0.3, -0.25) is 11.3 Å². The first-order valence-corrected chi connectivity index (χ1v) is 4.54. The topological polar surface area (TPSA) is 38.0 Å². The van der Waals surface area contributed by atoms with Crippen molar-refractivity contribution in [1.82, 2.24) is 5.43 Å². The number of halogens is 3. The third kappa shape index (κ3) is 3.15. The Morgan fingerprint density at radius 2 is 1.69 bits per heavy atom. The monoisotopic (exact) mass is 196 g/mol. The van der Waals surface area contributed by atoms with Gasteiger partial charge in [-0.15, -0.1) is 0 Å². The fourth-order valence-corrected chi connectivity index (χ4v) is 1.86. The van der Waals surface area contributed by atoms with Crippen LogP contribution in [0.5, 0.6) is 0 Å². The van der Waals surface area contributed by atoms with Crippen molar-refractivity contribution in [2.75, 3.05) is 6.54 Å². The number of rotatable bonds is 2. The van der Waals surface area contributed by atoms with Crippen LogP contribution in [0.25, 0.3) is 0 Å². The quantitative estimate of drug-likeness (QED) is 0.522. The molecule has 0 aromatic heterocycles. The van der Waals surface area contributed by atoms with Gasteiger partial charge in [-0.2, -0.15) is 13.2 Å². The highest BCUT2D eigenvalue weighted by molar-refractivity contribution is 4.77. The number of hydrogen-bond donors (Lipinski definition) is 2. The summed E-state index contributed by atoms with van der Waals surface area (Å²) in [7, 11) is 0. The molecule has 5 heteroatoms. The van der Waals surface area contributed by atoms with Crippen molar-refractivity contribution in [2.24, 2.45) is 17.7 Å². The van der Waals surface area contributed by atoms with E-state index in [-0.39, 0.29) is 12.8 Å². The van der Waals surface area contributed by atoms with Crippen molar-refractivity contribution in [3.8, 4) is 0 Å². The number of hydrogen-bond acceptors (Lipinski definition) is 2. The second-order valence-corrected chi connectivity index (χ2v) is 3.67. The molecule has 0 aromatic carbocycles. The third-order valence-corrected chi connectivity index (χ3v) is 2.72. The minimum absolute atomic E-state index is 0.260. The zero-order valence-corrected chi connectivity index (χ0v) is 7.40. The van der Waals surface area contributed by atoms with Gasteiger partial charge in [0.05, 0.1) is 5.92 Å². The Hall–Kier alpha value is -0.290. The molecular weight excluding hydrogens is 181 g/mol. The maximum Gasteiger partial charge on any atom is 0.391 e. The summed E-state index contributed by atoms with van der Waals surface area (Å²) in [5.74, 6) is 4.35. The van der Waals surface area contributed by atoms with Gasteiger partial charge in [-0.1, -0.05) is 0 Å². The van der Waals surface area contributed by atoms with Gasteiger partial charge in [0.25, 0.3) is 0 Å². The number of nitrogens with one attached hydrogen (secondary N) is 1. The van der Waals surface area contributed by atoms with E-state index < -0.39 is 12.1 Å². The zero-order chi connectivity index (χ0) is 9.90. The SMILES string of the molecule is NNCC1CCC(C(F)(F)F)CC1. The standard InChI is InChI=1S/C8H15F3N2/c9-8(10,11)7-3-1-6(2-4-7)5-13-12/h6-7,13H,1-5,12H2. The number of alkyl halides is 3. The lowest BCUT2D eigenvalue weighted by Crippen LogP contribution is -2.34. The lowest BCUT2D eigenvalue weighted by molar-refractivity contribution is -0.183. The molecule has 1 rings (SSSR count). The Labute approximate surface area is 75.6 Å². The molecule has 0 radical (unpaired) electrons. The molecule has 0 amide bonds. The Balaban J connectivity index is 2.30. The highest BCUT2D eigenvalue weighted by Gasteiger charge is 2.41. The Kier molecular flexibility index (Phi) is 3.55. The van der Waals surface area contributed by atoms with Crippen molar-refractivity contribution < 1.29 is 13.2 Å². The molecule has 0 atom stereocenters. The first-order chi connectivity index (χ1) is 6.04. The Morgan fingerprint density at radius 3 is 2.08 bits per heavy atom. The van der Waals surface area contributed by atoms with E-state index in [0.717, 1.165) is 0 Å². The summed E-state index contributed by atoms with van der Waals surface area (Å²) >= 11 is 0. The van der Waals surface area contributed by atoms with Gasteiger partial charge in [0.15, 0.2) is 0 Å². The van der Waals surface area contributed by atoms with Crippen LogP contribution in [-0.2, 0) is 0 Å². The van der Waals surface area contributed by atoms with Crippen molar-refractivity contribution in [3.05, 3.63) is 0 Å². The van der Waals surface area contributed by atoms with Gasteiger partial charge < -0.3 is 0 Å². The number of nitrogens with two attached hydrogens (primary N) is 1. The molecule has 13 heavy (non-hydrogen) atoms. The van der Waals surface area contributed by atoms with Gasteiger partial charge in [-0.25, -0.2) is 0 Å². The maximum atomic E-state index is 12.2. The van der Waals surface area contributed by atoms with Crippen molar-refractivity contribution in [2.45, 2.75) is 31.9 Å². The highest BCUT2D eigenvalue weighted by Crippen LogP contribution is 2.39. The first-order valence-electron chi connectivity index (χ1n) is 4.54. The molecule has 1 fully saturated rings. The summed E-state index contributed by atoms with van der Waals surface area (Å²) in [6.45, 7) is 0.630. The molecule has 1 aliphatic carbocycles. The normalized spacial score (nSPS) is 30.5. The molecule has 0 bridgehead atoms. The summed E-state index contributed by atoms with van der Waals surface area (Å²) in [4.78, 5) is 0. The largest absolute Gasteiger partial charge is 0.391 e. The van der Waals surface area contributed by atoms with Crippen LogP contribution in [-0.4, -0.2) is 12.7 Å². The average Bonchev–Trinajstić information content (AvgIpc) is 2.04. The molecule has 1 saturated carbocycles. The van der Waals surface area contributed by atoms with Crippen LogP contribution < -0.4 is 11.3 Å². The van der Waals surface area contributed by atoms with Crippen LogP contribution >= 0.6 is 0 Å². The second kappa shape index (κ2) is 4.28. The van der Waals surface area contributed by atoms with Crippen LogP contribution in [0.4, 0.5) is 13.2 Å². The predicted molar refractivity (Wildman–Crippen MR) is 43.7 cm³/mol. The molecule has 78 valence electrons. The first kappa shape index (κ1) is 10.8. The molecule has 2 nitrogen and oxygen atoms in total. The lowest BCUT2D eigenvalue weighted by Gasteiger charge is -2.29. The van der Waals surface area contributed by atoms with Crippen molar-refractivity contribution in [3.63, 3.8) is 0 Å². The molecule has 3 N–H and O–H groups in total. The summed E-state index contributed by atoms with van der Waals surface area (Å²) in [5, 5.41) is 0. The van der Waals surface area contributed by atoms with E-state index in [4.69, 9.17) is 5.84 Å². The van der Waals surface area contributed by atoms with Gasteiger partial charge in [0.1, 0.15) is 0 Å². The molecule has 0 spiro atoms. The summed E-state index contributed by atoms with van der Waals surface area (Å²) in [6, 6.07) is 0. The third-order valence-electron chi connectivity index (χ3n) is 2.72. The van der Waals surface area contributed by atoms with Crippen LogP contribution in [0.15, 0.2) is 0 Å². The molecule has 0 heterocycles. The highest BCUT2D eigenvalue weighted by atomic mass is 19.4. The van der Waals surface area contributed by atoms with E-state index >= 15 is 0 Å². The van der Waals surface area contributed by atoms with Crippen molar-refractivity contribution >= 4 is 0 Å². The van der Waals surface area contributed by atoms with E-state index in [9.17, 15) is 13.2 Å². The molecular formula is C8H15F3N2. The predicted octanol–water partition coefficient (Wildman–Crippen LogP) is 1.82. The van der Waals surface area contributed by atoms with Gasteiger partial charge in [-0.05, 0) is 31.6 Å². The number of hydrazine groups is 1. The summed E-state index contributed by atoms with van der Waals surface area (Å²) in [6.07, 6.45) is -2.21. The van der Waals surface area contributed by atoms with E-state index in [1.165, 1.54) is 0 Å². The minimum Gasteiger partial charge on any atom is -0.271 e. The fraction of sp³-hybridized carbons (Fsp3) is 1.00. The second-order valence-electron chi connectivity index (χ2n) is 3.67. The van der Waals surface area contributed by atoms with Gasteiger partial charge in [0.2, 0.25) is 0 Å². The minimum atomic E-state index is -4.00. The van der Waals surface area contributed by atoms with Crippen molar-refractivity contribution in [1.29, 1.82) is 0 Å². The smallest absolute Gasteiger partial charge is 0.271 e. The van der Waals surface area contributed by atoms with Crippen LogP contribution in [0.3, 0.4) is 0 Å². The molecule has 0 unspecified atom stereocenters. The Bertz CT molecular complexity index is 150. The zero-order valence-electron chi connectivity index (χ0n) is 7.40. The fourth-order valence-electron chi connectivity index (χ4n) is 1.86. The molecule has 0 aromatic rings. The summed E-state index contributed by atoms with van der Waals surface area (Å²) < 4.78 is 36.6. The van der Waals surface area contributed by atoms with E-state index in [0.29, 0.717) is 25.3 Å². The molecule has 0 aliphatic heterocycles. The summed E-state index contributed by atoms with van der Waals surface area (Å²) in [5.41, 5.74) is 2.51. The van der Waals surface area contributed by atoms with E-state index in [1.54, 1.807) is 0 Å². The van der Waals surface area contributed by atoms with Crippen LogP contribution in [0.1, 0.15) is 25.7 Å². The Morgan fingerprint density at radius 1 is 1.15 bits per heavy atom. The van der Waals surface area contributed by atoms with E-state index in [2.05, 4.69) is 5.43 Å². The van der Waals surface area contributed by atoms with E-state index in [1.807, 2.05) is 0 Å². The van der Waals surface area contributed by atoms with Crippen LogP contribution in [0.2, 0.25) is 0 Å². The van der Waals surface area contributed by atoms with Gasteiger partial charge in [0, 0.05) is 6.54 Å². The maximum absolute atomic E-state index is 12.2. The average molecular weight is 196 g/mol. The van der Waals surface area contributed by atoms with Gasteiger partial charge >= 0.3 is 6.18 Å². The lowest BCUT2D eigenvalue weighted by atomic mass is 9.82. The molecule has 0 saturated heterocycles. The van der Waals surface area contributed by atoms with Crippen LogP contribution in [0, 0.1) is 11.8 Å².